The van der Waals surface area contributed by atoms with Gasteiger partial charge in [0.15, 0.2) is 0 Å². The largest absolute Gasteiger partial charge is 0.508 e. The van der Waals surface area contributed by atoms with Gasteiger partial charge in [-0.3, -0.25) is 0 Å². The van der Waals surface area contributed by atoms with Crippen molar-refractivity contribution in [2.75, 3.05) is 0 Å². The first-order valence-corrected chi connectivity index (χ1v) is 6.27. The third-order valence-electron chi connectivity index (χ3n) is 4.00. The summed E-state index contributed by atoms with van der Waals surface area (Å²) < 4.78 is 0. The van der Waals surface area contributed by atoms with Crippen molar-refractivity contribution >= 4 is 12.6 Å². The van der Waals surface area contributed by atoms with Crippen LogP contribution in [-0.2, 0) is 5.41 Å². The van der Waals surface area contributed by atoms with E-state index in [1.165, 1.54) is 0 Å². The predicted octanol–water partition coefficient (Wildman–Crippen LogP) is 1.38. The molecular weight excluding hydrogens is 239 g/mol. The van der Waals surface area contributed by atoms with E-state index >= 15 is 0 Å². The summed E-state index contributed by atoms with van der Waals surface area (Å²) in [5.41, 5.74) is 3.77. The quantitative estimate of drug-likeness (QED) is 0.674. The number of rotatable bonds is 1. The van der Waals surface area contributed by atoms with E-state index < -0.39 is 7.12 Å². The molecule has 2 aromatic rings. The molecule has 2 aromatic carbocycles. The van der Waals surface area contributed by atoms with Crippen LogP contribution in [0.4, 0.5) is 0 Å². The highest BCUT2D eigenvalue weighted by molar-refractivity contribution is 6.59. The van der Waals surface area contributed by atoms with Crippen LogP contribution in [0.15, 0.2) is 36.4 Å². The van der Waals surface area contributed by atoms with E-state index in [0.717, 1.165) is 22.3 Å². The Morgan fingerprint density at radius 2 is 1.63 bits per heavy atom. The normalized spacial score (nSPS) is 14.9. The van der Waals surface area contributed by atoms with Gasteiger partial charge < -0.3 is 15.2 Å². The molecule has 0 aliphatic heterocycles. The zero-order valence-electron chi connectivity index (χ0n) is 10.9. The Bertz CT molecular complexity index is 662. The van der Waals surface area contributed by atoms with Crippen LogP contribution in [0.25, 0.3) is 11.1 Å². The number of hydrogen-bond acceptors (Lipinski definition) is 3. The molecular formula is C15H15BO3. The molecule has 0 amide bonds. The SMILES string of the molecule is CC1(C)c2ccccc2-c2ccc(B(O)O)c(O)c21. The molecule has 0 unspecified atom stereocenters. The Hall–Kier alpha value is -1.78. The fourth-order valence-electron chi connectivity index (χ4n) is 3.07. The first-order chi connectivity index (χ1) is 8.94. The lowest BCUT2D eigenvalue weighted by Crippen LogP contribution is -2.31. The van der Waals surface area contributed by atoms with E-state index in [1.54, 1.807) is 6.07 Å². The minimum Gasteiger partial charge on any atom is -0.508 e. The number of aromatic hydroxyl groups is 1. The molecule has 4 heteroatoms. The third kappa shape index (κ3) is 1.54. The van der Waals surface area contributed by atoms with Gasteiger partial charge in [-0.2, -0.15) is 0 Å². The molecule has 1 aliphatic rings. The molecule has 0 atom stereocenters. The molecule has 0 saturated carbocycles. The first kappa shape index (κ1) is 12.3. The minimum absolute atomic E-state index is 0.0197. The summed E-state index contributed by atoms with van der Waals surface area (Å²) in [4.78, 5) is 0. The summed E-state index contributed by atoms with van der Waals surface area (Å²) in [6, 6.07) is 11.4. The third-order valence-corrected chi connectivity index (χ3v) is 4.00. The Morgan fingerprint density at radius 3 is 2.32 bits per heavy atom. The Labute approximate surface area is 112 Å². The topological polar surface area (TPSA) is 60.7 Å². The van der Waals surface area contributed by atoms with Crippen molar-refractivity contribution in [1.29, 1.82) is 0 Å². The van der Waals surface area contributed by atoms with E-state index in [4.69, 9.17) is 0 Å². The van der Waals surface area contributed by atoms with Gasteiger partial charge in [0.25, 0.3) is 0 Å². The second kappa shape index (κ2) is 3.86. The Morgan fingerprint density at radius 1 is 0.947 bits per heavy atom. The van der Waals surface area contributed by atoms with Gasteiger partial charge in [-0.15, -0.1) is 0 Å². The predicted molar refractivity (Wildman–Crippen MR) is 75.5 cm³/mol. The Balaban J connectivity index is 2.36. The van der Waals surface area contributed by atoms with Crippen molar-refractivity contribution in [1.82, 2.24) is 0 Å². The molecule has 0 saturated heterocycles. The molecule has 3 rings (SSSR count). The smallest absolute Gasteiger partial charge is 0.492 e. The van der Waals surface area contributed by atoms with Gasteiger partial charge in [-0.1, -0.05) is 50.2 Å². The average molecular weight is 254 g/mol. The van der Waals surface area contributed by atoms with Crippen LogP contribution in [0.1, 0.15) is 25.0 Å². The van der Waals surface area contributed by atoms with E-state index in [9.17, 15) is 15.2 Å². The lowest BCUT2D eigenvalue weighted by atomic mass is 9.74. The van der Waals surface area contributed by atoms with E-state index in [0.29, 0.717) is 0 Å². The fourth-order valence-corrected chi connectivity index (χ4v) is 3.07. The van der Waals surface area contributed by atoms with Crippen LogP contribution in [0.2, 0.25) is 0 Å². The molecule has 0 spiro atoms. The second-order valence-electron chi connectivity index (χ2n) is 5.47. The maximum atomic E-state index is 10.4. The van der Waals surface area contributed by atoms with Crippen LogP contribution < -0.4 is 5.46 Å². The van der Waals surface area contributed by atoms with Gasteiger partial charge in [-0.25, -0.2) is 0 Å². The van der Waals surface area contributed by atoms with Crippen LogP contribution in [-0.4, -0.2) is 22.3 Å². The second-order valence-corrected chi connectivity index (χ2v) is 5.47. The molecule has 0 radical (unpaired) electrons. The number of benzene rings is 2. The van der Waals surface area contributed by atoms with Gasteiger partial charge in [0.2, 0.25) is 0 Å². The summed E-state index contributed by atoms with van der Waals surface area (Å²) in [5, 5.41) is 29.0. The summed E-state index contributed by atoms with van der Waals surface area (Å²) >= 11 is 0. The van der Waals surface area contributed by atoms with Crippen LogP contribution >= 0.6 is 0 Å². The van der Waals surface area contributed by atoms with E-state index in [1.807, 2.05) is 44.2 Å². The van der Waals surface area contributed by atoms with Gasteiger partial charge in [0, 0.05) is 16.4 Å². The maximum Gasteiger partial charge on any atom is 0.492 e. The molecule has 0 heterocycles. The highest BCUT2D eigenvalue weighted by atomic mass is 16.4. The first-order valence-electron chi connectivity index (χ1n) is 6.27. The molecule has 0 fully saturated rings. The number of phenolic OH excluding ortho intramolecular Hbond substituents is 1. The van der Waals surface area contributed by atoms with Crippen LogP contribution in [0.3, 0.4) is 0 Å². The highest BCUT2D eigenvalue weighted by Gasteiger charge is 2.39. The summed E-state index contributed by atoms with van der Waals surface area (Å²) in [7, 11) is -1.66. The number of phenols is 1. The van der Waals surface area contributed by atoms with Gasteiger partial charge in [0.1, 0.15) is 5.75 Å². The van der Waals surface area contributed by atoms with Crippen molar-refractivity contribution in [2.24, 2.45) is 0 Å². The molecule has 96 valence electrons. The molecule has 0 bridgehead atoms. The monoisotopic (exact) mass is 254 g/mol. The molecule has 19 heavy (non-hydrogen) atoms. The average Bonchev–Trinajstić information content (AvgIpc) is 2.60. The minimum atomic E-state index is -1.66. The molecule has 0 aromatic heterocycles. The van der Waals surface area contributed by atoms with Gasteiger partial charge in [-0.05, 0) is 16.7 Å². The van der Waals surface area contributed by atoms with Crippen LogP contribution in [0.5, 0.6) is 5.75 Å². The highest BCUT2D eigenvalue weighted by Crippen LogP contribution is 2.51. The van der Waals surface area contributed by atoms with Gasteiger partial charge >= 0.3 is 7.12 Å². The van der Waals surface area contributed by atoms with Crippen molar-refractivity contribution < 1.29 is 15.2 Å². The van der Waals surface area contributed by atoms with Gasteiger partial charge in [0.05, 0.1) is 0 Å². The van der Waals surface area contributed by atoms with E-state index in [2.05, 4.69) is 0 Å². The number of hydrogen-bond donors (Lipinski definition) is 3. The maximum absolute atomic E-state index is 10.4. The molecule has 3 N–H and O–H groups in total. The summed E-state index contributed by atoms with van der Waals surface area (Å²) in [5.74, 6) is -0.0197. The standard InChI is InChI=1S/C15H15BO3/c1-15(2)11-6-4-3-5-9(11)10-7-8-12(16(18)19)14(17)13(10)15/h3-8,17-19H,1-2H3. The summed E-state index contributed by atoms with van der Waals surface area (Å²) in [6.07, 6.45) is 0. The van der Waals surface area contributed by atoms with Crippen LogP contribution in [0, 0.1) is 0 Å². The van der Waals surface area contributed by atoms with Crippen molar-refractivity contribution in [3.63, 3.8) is 0 Å². The molecule has 1 aliphatic carbocycles. The zero-order valence-corrected chi connectivity index (χ0v) is 10.9. The van der Waals surface area contributed by atoms with E-state index in [-0.39, 0.29) is 16.6 Å². The van der Waals surface area contributed by atoms with Crippen molar-refractivity contribution in [3.8, 4) is 16.9 Å². The Kier molecular flexibility index (Phi) is 2.49. The molecule has 3 nitrogen and oxygen atoms in total. The van der Waals surface area contributed by atoms with Crippen molar-refractivity contribution in [3.05, 3.63) is 47.5 Å². The lowest BCUT2D eigenvalue weighted by Gasteiger charge is -2.23. The van der Waals surface area contributed by atoms with Crippen molar-refractivity contribution in [2.45, 2.75) is 19.3 Å². The number of fused-ring (bicyclic) bond motifs is 3. The lowest BCUT2D eigenvalue weighted by molar-refractivity contribution is 0.417. The zero-order chi connectivity index (χ0) is 13.8. The summed E-state index contributed by atoms with van der Waals surface area (Å²) in [6.45, 7) is 4.07. The fraction of sp³-hybridized carbons (Fsp3) is 0.200.